The highest BCUT2D eigenvalue weighted by atomic mass is 16.8. The summed E-state index contributed by atoms with van der Waals surface area (Å²) in [5, 5.41) is 117. The average Bonchev–Trinajstić information content (AvgIpc) is 3.00. The van der Waals surface area contributed by atoms with Crippen LogP contribution in [0.15, 0.2) is 0 Å². The number of carbonyl (C=O) groups excluding carboxylic acids is 3. The van der Waals surface area contributed by atoms with Crippen LogP contribution in [-0.4, -0.2) is 191 Å². The molecule has 2 heterocycles. The van der Waals surface area contributed by atoms with Crippen molar-refractivity contribution in [3.63, 3.8) is 0 Å². The average molecular weight is 675 g/mol. The zero-order valence-corrected chi connectivity index (χ0v) is 24.7. The molecule has 2 aliphatic rings. The number of carbonyl (C=O) groups is 4. The molecule has 0 saturated carbocycles. The number of amides is 2. The van der Waals surface area contributed by atoms with E-state index < -0.39 is 135 Å². The van der Waals surface area contributed by atoms with Crippen LogP contribution >= 0.6 is 0 Å². The Labute approximate surface area is 260 Å². The van der Waals surface area contributed by atoms with Crippen LogP contribution in [0.1, 0.15) is 20.3 Å². The maximum atomic E-state index is 12.6. The number of hydrogen-bond acceptors (Lipinski definition) is 18. The number of nitrogens with one attached hydrogen (secondary N) is 2. The number of carboxylic acids is 1. The van der Waals surface area contributed by atoms with Gasteiger partial charge in [0.1, 0.15) is 73.4 Å². The molecule has 15 atom stereocenters. The van der Waals surface area contributed by atoms with E-state index in [1.54, 1.807) is 0 Å². The van der Waals surface area contributed by atoms with Gasteiger partial charge in [0.15, 0.2) is 6.29 Å². The standard InChI is InChI=1S/C25H42N2O19/c1-8(32)26-10(4-28)20(16(37)12(35)5-29)44-23-19(40)22(18(39)14(7-31)43-23)46-25(24(41)42)3-11(34)15(27-9(2)33)21(45-25)17(38)13(36)6-30/h4,10-23,29-31,34-40H,3,5-7H2,1-2H3,(H,26,32)(H,27,33)(H,41,42)/t10-,11-,12+,13+,14+,15+,16-,17+,18-,19+,20+,21+,22-,23-,25-/m0/s1. The molecular weight excluding hydrogens is 632 g/mol. The third kappa shape index (κ3) is 9.11. The predicted octanol–water partition coefficient (Wildman–Crippen LogP) is -8.24. The van der Waals surface area contributed by atoms with Gasteiger partial charge in [0, 0.05) is 20.3 Å². The molecule has 0 aromatic carbocycles. The fourth-order valence-electron chi connectivity index (χ4n) is 5.06. The minimum absolute atomic E-state index is 0.0787. The summed E-state index contributed by atoms with van der Waals surface area (Å²) in [5.74, 6) is -6.69. The van der Waals surface area contributed by atoms with E-state index in [1.165, 1.54) is 0 Å². The summed E-state index contributed by atoms with van der Waals surface area (Å²) in [7, 11) is 0. The molecule has 0 spiro atoms. The maximum Gasteiger partial charge on any atom is 0.364 e. The molecule has 2 amide bonds. The molecule has 0 bridgehead atoms. The van der Waals surface area contributed by atoms with Gasteiger partial charge in [-0.25, -0.2) is 4.79 Å². The lowest BCUT2D eigenvalue weighted by molar-refractivity contribution is -0.375. The molecule has 46 heavy (non-hydrogen) atoms. The molecule has 2 saturated heterocycles. The number of carboxylic acid groups (broad SMARTS) is 1. The Morgan fingerprint density at radius 2 is 1.59 bits per heavy atom. The minimum atomic E-state index is -3.09. The SMILES string of the molecule is CC(=O)N[C@H]1[C@H]([C@H](O)[C@H](O)CO)O[C@@](O[C@H]2[C@@H](O)[C@@H](CO)O[C@@H](O[C@@H]([C@@H](O)[C@H](O)CO)[C@H](C=O)NC(C)=O)[C@@H]2O)(C(=O)O)C[C@@H]1O. The van der Waals surface area contributed by atoms with Crippen LogP contribution < -0.4 is 10.6 Å². The second kappa shape index (κ2) is 17.1. The highest BCUT2D eigenvalue weighted by Crippen LogP contribution is 2.37. The summed E-state index contributed by atoms with van der Waals surface area (Å²) >= 11 is 0. The van der Waals surface area contributed by atoms with Crippen LogP contribution in [0.25, 0.3) is 0 Å². The van der Waals surface area contributed by atoms with Gasteiger partial charge in [-0.05, 0) is 0 Å². The summed E-state index contributed by atoms with van der Waals surface area (Å²) in [6.45, 7) is -1.18. The van der Waals surface area contributed by atoms with Crippen LogP contribution in [0.5, 0.6) is 0 Å². The van der Waals surface area contributed by atoms with Crippen molar-refractivity contribution in [2.75, 3.05) is 19.8 Å². The Bertz CT molecular complexity index is 1040. The van der Waals surface area contributed by atoms with E-state index in [-0.39, 0.29) is 6.29 Å². The fraction of sp³-hybridized carbons (Fsp3) is 0.840. The Hall–Kier alpha value is -2.48. The van der Waals surface area contributed by atoms with Gasteiger partial charge >= 0.3 is 5.97 Å². The maximum absolute atomic E-state index is 12.6. The van der Waals surface area contributed by atoms with Gasteiger partial charge in [-0.1, -0.05) is 0 Å². The van der Waals surface area contributed by atoms with Gasteiger partial charge in [0.25, 0.3) is 5.79 Å². The number of aldehydes is 1. The van der Waals surface area contributed by atoms with Gasteiger partial charge in [0.05, 0.1) is 32.0 Å². The third-order valence-corrected chi connectivity index (χ3v) is 7.41. The van der Waals surface area contributed by atoms with E-state index in [1.807, 2.05) is 0 Å². The number of ether oxygens (including phenoxy) is 4. The quantitative estimate of drug-likeness (QED) is 0.0676. The van der Waals surface area contributed by atoms with E-state index in [0.29, 0.717) is 0 Å². The number of hydrogen-bond donors (Lipinski definition) is 13. The fourth-order valence-corrected chi connectivity index (χ4v) is 5.06. The first-order valence-electron chi connectivity index (χ1n) is 14.0. The number of rotatable bonds is 16. The molecule has 0 aromatic rings. The molecule has 0 aliphatic carbocycles. The van der Waals surface area contributed by atoms with Gasteiger partial charge in [-0.15, -0.1) is 0 Å². The highest BCUT2D eigenvalue weighted by molar-refractivity contribution is 5.78. The summed E-state index contributed by atoms with van der Waals surface area (Å²) in [6.07, 6.45) is -25.6. The molecule has 21 heteroatoms. The Morgan fingerprint density at radius 1 is 0.978 bits per heavy atom. The van der Waals surface area contributed by atoms with Crippen molar-refractivity contribution in [3.05, 3.63) is 0 Å². The normalized spacial score (nSPS) is 35.6. The predicted molar refractivity (Wildman–Crippen MR) is 143 cm³/mol. The molecule has 0 radical (unpaired) electrons. The molecule has 2 aliphatic heterocycles. The summed E-state index contributed by atoms with van der Waals surface area (Å²) in [4.78, 5) is 47.8. The molecule has 266 valence electrons. The van der Waals surface area contributed by atoms with Crippen molar-refractivity contribution in [1.29, 1.82) is 0 Å². The monoisotopic (exact) mass is 674 g/mol. The molecule has 21 nitrogen and oxygen atoms in total. The summed E-state index contributed by atoms with van der Waals surface area (Å²) in [5.41, 5.74) is 0. The van der Waals surface area contributed by atoms with Crippen LogP contribution in [0.4, 0.5) is 0 Å². The second-order valence-electron chi connectivity index (χ2n) is 10.9. The molecule has 0 unspecified atom stereocenters. The number of aliphatic hydroxyl groups excluding tert-OH is 10. The zero-order valence-electron chi connectivity index (χ0n) is 24.7. The smallest absolute Gasteiger partial charge is 0.364 e. The molecule has 0 aromatic heterocycles. The largest absolute Gasteiger partial charge is 0.477 e. The molecular formula is C25H42N2O19. The van der Waals surface area contributed by atoms with Crippen molar-refractivity contribution in [2.24, 2.45) is 0 Å². The van der Waals surface area contributed by atoms with Crippen LogP contribution in [0, 0.1) is 0 Å². The van der Waals surface area contributed by atoms with E-state index in [0.717, 1.165) is 13.8 Å². The van der Waals surface area contributed by atoms with E-state index in [4.69, 9.17) is 18.9 Å². The van der Waals surface area contributed by atoms with Crippen LogP contribution in [-0.2, 0) is 38.1 Å². The van der Waals surface area contributed by atoms with Crippen LogP contribution in [0.2, 0.25) is 0 Å². The molecule has 13 N–H and O–H groups in total. The first-order chi connectivity index (χ1) is 21.5. The van der Waals surface area contributed by atoms with Gasteiger partial charge in [0.2, 0.25) is 11.8 Å². The van der Waals surface area contributed by atoms with Gasteiger partial charge < -0.3 is 90.5 Å². The van der Waals surface area contributed by atoms with Gasteiger partial charge in [-0.2, -0.15) is 0 Å². The second-order valence-corrected chi connectivity index (χ2v) is 10.9. The van der Waals surface area contributed by atoms with E-state index >= 15 is 0 Å². The molecule has 2 fully saturated rings. The van der Waals surface area contributed by atoms with Crippen molar-refractivity contribution < 1.29 is 94.3 Å². The van der Waals surface area contributed by atoms with Crippen molar-refractivity contribution >= 4 is 24.1 Å². The van der Waals surface area contributed by atoms with Crippen molar-refractivity contribution in [2.45, 2.75) is 112 Å². The van der Waals surface area contributed by atoms with E-state index in [2.05, 4.69) is 10.6 Å². The lowest BCUT2D eigenvalue weighted by Gasteiger charge is -2.50. The Balaban J connectivity index is 2.54. The summed E-state index contributed by atoms with van der Waals surface area (Å²) < 4.78 is 21.9. The Morgan fingerprint density at radius 3 is 2.07 bits per heavy atom. The van der Waals surface area contributed by atoms with Crippen molar-refractivity contribution in [1.82, 2.24) is 10.6 Å². The van der Waals surface area contributed by atoms with E-state index in [9.17, 15) is 75.3 Å². The Kier molecular flexibility index (Phi) is 14.7. The van der Waals surface area contributed by atoms with Crippen LogP contribution in [0.3, 0.4) is 0 Å². The summed E-state index contributed by atoms with van der Waals surface area (Å²) in [6, 6.07) is -3.33. The number of aliphatic hydroxyl groups is 10. The minimum Gasteiger partial charge on any atom is -0.477 e. The first-order valence-corrected chi connectivity index (χ1v) is 14.0. The molecule has 2 rings (SSSR count). The third-order valence-electron chi connectivity index (χ3n) is 7.41. The van der Waals surface area contributed by atoms with Gasteiger partial charge in [-0.3, -0.25) is 9.59 Å². The lowest BCUT2D eigenvalue weighted by Crippen LogP contribution is -2.70. The highest BCUT2D eigenvalue weighted by Gasteiger charge is 2.59. The van der Waals surface area contributed by atoms with Crippen molar-refractivity contribution in [3.8, 4) is 0 Å². The first kappa shape index (κ1) is 39.7. The lowest BCUT2D eigenvalue weighted by atomic mass is 9.88. The number of aliphatic carboxylic acids is 1. The zero-order chi connectivity index (χ0) is 35.1. The topological polar surface area (TPSA) is 352 Å².